The lowest BCUT2D eigenvalue weighted by atomic mass is 9.90. The number of carbonyl (C=O) groups is 1. The van der Waals surface area contributed by atoms with Crippen LogP contribution in [0.1, 0.15) is 25.7 Å². The van der Waals surface area contributed by atoms with E-state index in [2.05, 4.69) is 0 Å². The smallest absolute Gasteiger partial charge is 0.242 e. The van der Waals surface area contributed by atoms with Gasteiger partial charge in [0.2, 0.25) is 5.91 Å². The van der Waals surface area contributed by atoms with Crippen molar-refractivity contribution in [2.45, 2.75) is 31.2 Å². The Hall–Kier alpha value is -0.650. The van der Waals surface area contributed by atoms with Crippen molar-refractivity contribution in [1.29, 1.82) is 0 Å². The van der Waals surface area contributed by atoms with Crippen molar-refractivity contribution in [2.75, 3.05) is 32.9 Å². The van der Waals surface area contributed by atoms with Gasteiger partial charge in [-0.25, -0.2) is 0 Å². The van der Waals surface area contributed by atoms with E-state index >= 15 is 0 Å². The van der Waals surface area contributed by atoms with Gasteiger partial charge < -0.3 is 20.5 Å². The van der Waals surface area contributed by atoms with Crippen LogP contribution >= 0.6 is 0 Å². The first-order chi connectivity index (χ1) is 8.15. The second-order valence-corrected chi connectivity index (χ2v) is 5.19. The maximum atomic E-state index is 12.4. The monoisotopic (exact) mass is 242 g/mol. The lowest BCUT2D eigenvalue weighted by Crippen LogP contribution is -2.57. The third kappa shape index (κ3) is 2.78. The van der Waals surface area contributed by atoms with Gasteiger partial charge >= 0.3 is 0 Å². The third-order valence-corrected chi connectivity index (χ3v) is 3.92. The fraction of sp³-hybridized carbons (Fsp3) is 0.917. The average Bonchev–Trinajstić information content (AvgIpc) is 2.78. The molecule has 1 amide bonds. The molecule has 2 saturated heterocycles. The highest BCUT2D eigenvalue weighted by atomic mass is 16.5. The molecular formula is C12H22N2O3. The highest BCUT2D eigenvalue weighted by Gasteiger charge is 2.40. The Morgan fingerprint density at radius 1 is 1.47 bits per heavy atom. The second kappa shape index (κ2) is 5.33. The number of nitrogens with two attached hydrogens (primary N) is 1. The predicted octanol–water partition coefficient (Wildman–Crippen LogP) is -0.275. The number of nitrogens with zero attached hydrogens (tertiary/aromatic N) is 1. The van der Waals surface area contributed by atoms with Crippen LogP contribution in [0.4, 0.5) is 0 Å². The van der Waals surface area contributed by atoms with Crippen molar-refractivity contribution < 1.29 is 14.6 Å². The summed E-state index contributed by atoms with van der Waals surface area (Å²) in [5.41, 5.74) is 5.47. The minimum Gasteiger partial charge on any atom is -0.396 e. The topological polar surface area (TPSA) is 75.8 Å². The van der Waals surface area contributed by atoms with Gasteiger partial charge in [0.25, 0.3) is 0 Å². The molecule has 0 spiro atoms. The first-order valence-corrected chi connectivity index (χ1v) is 6.42. The Kier molecular flexibility index (Phi) is 4.01. The van der Waals surface area contributed by atoms with E-state index in [1.54, 1.807) is 0 Å². The van der Waals surface area contributed by atoms with Crippen molar-refractivity contribution in [3.8, 4) is 0 Å². The van der Waals surface area contributed by atoms with E-state index in [-0.39, 0.29) is 12.5 Å². The second-order valence-electron chi connectivity index (χ2n) is 5.19. The minimum atomic E-state index is -0.716. The largest absolute Gasteiger partial charge is 0.396 e. The lowest BCUT2D eigenvalue weighted by Gasteiger charge is -2.35. The molecule has 0 aromatic carbocycles. The van der Waals surface area contributed by atoms with Crippen molar-refractivity contribution in [3.05, 3.63) is 0 Å². The summed E-state index contributed by atoms with van der Waals surface area (Å²) in [6.07, 6.45) is 3.00. The highest BCUT2D eigenvalue weighted by Crippen LogP contribution is 2.25. The molecule has 0 saturated carbocycles. The maximum absolute atomic E-state index is 12.4. The fourth-order valence-corrected chi connectivity index (χ4v) is 2.70. The molecule has 5 nitrogen and oxygen atoms in total. The van der Waals surface area contributed by atoms with Crippen LogP contribution < -0.4 is 5.73 Å². The van der Waals surface area contributed by atoms with Crippen LogP contribution in [0.25, 0.3) is 0 Å². The van der Waals surface area contributed by atoms with E-state index in [0.29, 0.717) is 32.0 Å². The first kappa shape index (κ1) is 12.8. The molecule has 0 radical (unpaired) electrons. The quantitative estimate of drug-likeness (QED) is 0.714. The zero-order valence-electron chi connectivity index (χ0n) is 10.2. The van der Waals surface area contributed by atoms with Gasteiger partial charge in [-0.2, -0.15) is 0 Å². The number of amides is 1. The molecule has 0 bridgehead atoms. The summed E-state index contributed by atoms with van der Waals surface area (Å²) < 4.78 is 5.25. The van der Waals surface area contributed by atoms with Gasteiger partial charge in [-0.1, -0.05) is 0 Å². The zero-order chi connectivity index (χ0) is 12.3. The molecule has 2 heterocycles. The predicted molar refractivity (Wildman–Crippen MR) is 63.4 cm³/mol. The summed E-state index contributed by atoms with van der Waals surface area (Å²) in [6.45, 7) is 2.89. The number of rotatable bonds is 3. The molecule has 2 rings (SSSR count). The van der Waals surface area contributed by atoms with E-state index < -0.39 is 5.54 Å². The molecule has 3 N–H and O–H groups in total. The van der Waals surface area contributed by atoms with Crippen molar-refractivity contribution in [2.24, 2.45) is 11.7 Å². The molecule has 2 aliphatic rings. The number of likely N-dealkylation sites (tertiary alicyclic amines) is 1. The molecular weight excluding hydrogens is 220 g/mol. The molecule has 98 valence electrons. The third-order valence-electron chi connectivity index (χ3n) is 3.92. The number of hydrogen-bond donors (Lipinski definition) is 2. The normalized spacial score (nSPS) is 28.4. The number of aliphatic hydroxyl groups is 1. The van der Waals surface area contributed by atoms with Crippen molar-refractivity contribution in [3.63, 3.8) is 0 Å². The fourth-order valence-electron chi connectivity index (χ4n) is 2.70. The van der Waals surface area contributed by atoms with E-state index in [0.717, 1.165) is 25.9 Å². The molecule has 5 heteroatoms. The van der Waals surface area contributed by atoms with E-state index in [1.807, 2.05) is 4.90 Å². The van der Waals surface area contributed by atoms with E-state index in [1.165, 1.54) is 0 Å². The molecule has 2 fully saturated rings. The highest BCUT2D eigenvalue weighted by molar-refractivity contribution is 5.86. The molecule has 2 aliphatic heterocycles. The summed E-state index contributed by atoms with van der Waals surface area (Å²) in [5, 5.41) is 8.91. The van der Waals surface area contributed by atoms with E-state index in [4.69, 9.17) is 15.6 Å². The summed E-state index contributed by atoms with van der Waals surface area (Å²) >= 11 is 0. The molecule has 17 heavy (non-hydrogen) atoms. The van der Waals surface area contributed by atoms with Gasteiger partial charge in [0, 0.05) is 32.9 Å². The molecule has 0 aliphatic carbocycles. The standard InChI is InChI=1S/C12H22N2O3/c13-12(3-7-17-8-4-12)11(16)14-5-1-10(9-14)2-6-15/h10,15H,1-9,13H2. The van der Waals surface area contributed by atoms with Gasteiger partial charge in [-0.05, 0) is 31.6 Å². The molecule has 0 aromatic rings. The SMILES string of the molecule is NC1(C(=O)N2CCC(CCO)C2)CCOCC1. The summed E-state index contributed by atoms with van der Waals surface area (Å²) in [7, 11) is 0. The van der Waals surface area contributed by atoms with E-state index in [9.17, 15) is 4.79 Å². The van der Waals surface area contributed by atoms with Gasteiger partial charge in [0.15, 0.2) is 0 Å². The molecule has 1 atom stereocenters. The molecule has 0 aromatic heterocycles. The summed E-state index contributed by atoms with van der Waals surface area (Å²) in [4.78, 5) is 14.2. The van der Waals surface area contributed by atoms with Crippen LogP contribution in [0.2, 0.25) is 0 Å². The van der Waals surface area contributed by atoms with Gasteiger partial charge in [0.1, 0.15) is 0 Å². The lowest BCUT2D eigenvalue weighted by molar-refractivity contribution is -0.139. The average molecular weight is 242 g/mol. The minimum absolute atomic E-state index is 0.0706. The Labute approximate surface area is 102 Å². The Balaban J connectivity index is 1.91. The number of hydrogen-bond acceptors (Lipinski definition) is 4. The van der Waals surface area contributed by atoms with Crippen molar-refractivity contribution >= 4 is 5.91 Å². The van der Waals surface area contributed by atoms with Crippen LogP contribution in [0.3, 0.4) is 0 Å². The van der Waals surface area contributed by atoms with Gasteiger partial charge in [-0.15, -0.1) is 0 Å². The van der Waals surface area contributed by atoms with Crippen LogP contribution in [0, 0.1) is 5.92 Å². The number of carbonyl (C=O) groups excluding carboxylic acids is 1. The summed E-state index contributed by atoms with van der Waals surface area (Å²) in [5.74, 6) is 0.508. The maximum Gasteiger partial charge on any atom is 0.242 e. The summed E-state index contributed by atoms with van der Waals surface area (Å²) in [6, 6.07) is 0. The van der Waals surface area contributed by atoms with Crippen molar-refractivity contribution in [1.82, 2.24) is 4.90 Å². The zero-order valence-corrected chi connectivity index (χ0v) is 10.2. The number of ether oxygens (including phenoxy) is 1. The molecule has 1 unspecified atom stereocenters. The Bertz CT molecular complexity index is 277. The Morgan fingerprint density at radius 2 is 2.18 bits per heavy atom. The first-order valence-electron chi connectivity index (χ1n) is 6.42. The van der Waals surface area contributed by atoms with Crippen LogP contribution in [0.15, 0.2) is 0 Å². The van der Waals surface area contributed by atoms with Crippen LogP contribution in [-0.4, -0.2) is 54.4 Å². The number of aliphatic hydroxyl groups excluding tert-OH is 1. The van der Waals surface area contributed by atoms with Crippen LogP contribution in [-0.2, 0) is 9.53 Å². The van der Waals surface area contributed by atoms with Gasteiger partial charge in [0.05, 0.1) is 5.54 Å². The van der Waals surface area contributed by atoms with Crippen LogP contribution in [0.5, 0.6) is 0 Å². The van der Waals surface area contributed by atoms with Gasteiger partial charge in [-0.3, -0.25) is 4.79 Å². The Morgan fingerprint density at radius 3 is 2.82 bits per heavy atom.